The van der Waals surface area contributed by atoms with Gasteiger partial charge in [-0.1, -0.05) is 18.0 Å². The minimum atomic E-state index is 0.296. The van der Waals surface area contributed by atoms with Gasteiger partial charge in [0.2, 0.25) is 0 Å². The fraction of sp³-hybridized carbons (Fsp3) is 0.600. The number of hydrogen-bond acceptors (Lipinski definition) is 2. The predicted octanol–water partition coefficient (Wildman–Crippen LogP) is 3.74. The van der Waals surface area contributed by atoms with Crippen molar-refractivity contribution in [2.45, 2.75) is 51.0 Å². The fourth-order valence-corrected chi connectivity index (χ4v) is 3.60. The number of aryl methyl sites for hydroxylation is 1. The third kappa shape index (κ3) is 2.12. The molecule has 2 aliphatic rings. The van der Waals surface area contributed by atoms with Crippen LogP contribution in [0.1, 0.15) is 54.8 Å². The van der Waals surface area contributed by atoms with Crippen LogP contribution in [0.25, 0.3) is 0 Å². The molecule has 1 fully saturated rings. The van der Waals surface area contributed by atoms with Gasteiger partial charge >= 0.3 is 0 Å². The SMILES string of the molecule is Oc1c(Cl)cc2c(c1C1CCCCN1)CCCC2. The number of hydrogen-bond donors (Lipinski definition) is 2. The summed E-state index contributed by atoms with van der Waals surface area (Å²) in [5, 5.41) is 14.4. The first-order valence-corrected chi connectivity index (χ1v) is 7.41. The van der Waals surface area contributed by atoms with Crippen LogP contribution in [0.3, 0.4) is 0 Å². The molecule has 1 saturated heterocycles. The maximum Gasteiger partial charge on any atom is 0.139 e. The highest BCUT2D eigenvalue weighted by Crippen LogP contribution is 2.41. The molecule has 0 aromatic heterocycles. The summed E-state index contributed by atoms with van der Waals surface area (Å²) < 4.78 is 0. The summed E-state index contributed by atoms with van der Waals surface area (Å²) in [6.07, 6.45) is 8.25. The third-order valence-corrected chi connectivity index (χ3v) is 4.56. The van der Waals surface area contributed by atoms with Gasteiger partial charge < -0.3 is 10.4 Å². The summed E-state index contributed by atoms with van der Waals surface area (Å²) in [5.41, 5.74) is 3.81. The van der Waals surface area contributed by atoms with E-state index in [0.29, 0.717) is 16.8 Å². The maximum atomic E-state index is 10.3. The summed E-state index contributed by atoms with van der Waals surface area (Å²) in [5.74, 6) is 0.316. The molecule has 1 heterocycles. The zero-order chi connectivity index (χ0) is 12.5. The van der Waals surface area contributed by atoms with Gasteiger partial charge in [-0.05, 0) is 62.3 Å². The van der Waals surface area contributed by atoms with Gasteiger partial charge in [0.05, 0.1) is 5.02 Å². The second kappa shape index (κ2) is 5.10. The van der Waals surface area contributed by atoms with Crippen molar-refractivity contribution in [3.63, 3.8) is 0 Å². The molecule has 1 atom stereocenters. The molecule has 3 rings (SSSR count). The number of aromatic hydroxyl groups is 1. The smallest absolute Gasteiger partial charge is 0.139 e. The molecule has 18 heavy (non-hydrogen) atoms. The average molecular weight is 266 g/mol. The Kier molecular flexibility index (Phi) is 3.49. The zero-order valence-corrected chi connectivity index (χ0v) is 11.4. The van der Waals surface area contributed by atoms with Crippen LogP contribution in [0.4, 0.5) is 0 Å². The molecule has 1 aromatic rings. The Labute approximate surface area is 113 Å². The van der Waals surface area contributed by atoms with Gasteiger partial charge in [0.1, 0.15) is 5.75 Å². The molecule has 1 aliphatic carbocycles. The molecule has 2 nitrogen and oxygen atoms in total. The molecule has 1 aromatic carbocycles. The lowest BCUT2D eigenvalue weighted by Gasteiger charge is -2.30. The van der Waals surface area contributed by atoms with Crippen LogP contribution >= 0.6 is 11.6 Å². The number of halogens is 1. The van der Waals surface area contributed by atoms with E-state index in [9.17, 15) is 5.11 Å². The Bertz CT molecular complexity index is 452. The van der Waals surface area contributed by atoms with Gasteiger partial charge in [0.25, 0.3) is 0 Å². The van der Waals surface area contributed by atoms with Crippen molar-refractivity contribution in [1.29, 1.82) is 0 Å². The van der Waals surface area contributed by atoms with E-state index in [1.807, 2.05) is 6.07 Å². The van der Waals surface area contributed by atoms with Crippen LogP contribution in [0.5, 0.6) is 5.75 Å². The summed E-state index contributed by atoms with van der Waals surface area (Å²) in [7, 11) is 0. The largest absolute Gasteiger partial charge is 0.506 e. The van der Waals surface area contributed by atoms with E-state index in [1.54, 1.807) is 0 Å². The predicted molar refractivity (Wildman–Crippen MR) is 74.4 cm³/mol. The Balaban J connectivity index is 2.07. The van der Waals surface area contributed by atoms with Crippen molar-refractivity contribution in [3.8, 4) is 5.75 Å². The van der Waals surface area contributed by atoms with Gasteiger partial charge in [0.15, 0.2) is 0 Å². The highest BCUT2D eigenvalue weighted by atomic mass is 35.5. The van der Waals surface area contributed by atoms with Crippen LogP contribution in [0.15, 0.2) is 6.07 Å². The van der Waals surface area contributed by atoms with E-state index in [4.69, 9.17) is 11.6 Å². The summed E-state index contributed by atoms with van der Waals surface area (Å²) in [4.78, 5) is 0. The highest BCUT2D eigenvalue weighted by Gasteiger charge is 2.26. The van der Waals surface area contributed by atoms with Crippen LogP contribution in [-0.4, -0.2) is 11.7 Å². The van der Waals surface area contributed by atoms with Crippen molar-refractivity contribution in [1.82, 2.24) is 5.32 Å². The van der Waals surface area contributed by atoms with E-state index >= 15 is 0 Å². The molecular weight excluding hydrogens is 246 g/mol. The number of phenolic OH excluding ortho intramolecular Hbond substituents is 1. The highest BCUT2D eigenvalue weighted by molar-refractivity contribution is 6.32. The van der Waals surface area contributed by atoms with E-state index in [1.165, 1.54) is 36.8 Å². The van der Waals surface area contributed by atoms with Crippen LogP contribution in [0, 0.1) is 0 Å². The van der Waals surface area contributed by atoms with Gasteiger partial charge in [-0.15, -0.1) is 0 Å². The van der Waals surface area contributed by atoms with Gasteiger partial charge in [-0.2, -0.15) is 0 Å². The molecule has 0 bridgehead atoms. The lowest BCUT2D eigenvalue weighted by molar-refractivity contribution is 0.387. The standard InChI is InChI=1S/C15H20ClNO/c16-12-9-10-5-1-2-6-11(10)14(15(12)18)13-7-3-4-8-17-13/h9,13,17-18H,1-8H2. The summed E-state index contributed by atoms with van der Waals surface area (Å²) in [6, 6.07) is 2.27. The fourth-order valence-electron chi connectivity index (χ4n) is 3.36. The Morgan fingerprint density at radius 3 is 2.78 bits per heavy atom. The van der Waals surface area contributed by atoms with Crippen molar-refractivity contribution < 1.29 is 5.11 Å². The van der Waals surface area contributed by atoms with Crippen molar-refractivity contribution in [3.05, 3.63) is 27.8 Å². The third-order valence-electron chi connectivity index (χ3n) is 4.28. The molecule has 0 amide bonds. The van der Waals surface area contributed by atoms with E-state index in [0.717, 1.165) is 31.4 Å². The molecular formula is C15H20ClNO. The quantitative estimate of drug-likeness (QED) is 0.811. The molecule has 1 unspecified atom stereocenters. The zero-order valence-electron chi connectivity index (χ0n) is 10.6. The van der Waals surface area contributed by atoms with E-state index in [2.05, 4.69) is 5.32 Å². The summed E-state index contributed by atoms with van der Waals surface area (Å²) >= 11 is 6.19. The van der Waals surface area contributed by atoms with Gasteiger partial charge in [0, 0.05) is 11.6 Å². The number of fused-ring (bicyclic) bond motifs is 1. The molecule has 0 spiro atoms. The number of rotatable bonds is 1. The average Bonchev–Trinajstić information content (AvgIpc) is 2.41. The van der Waals surface area contributed by atoms with Gasteiger partial charge in [-0.3, -0.25) is 0 Å². The van der Waals surface area contributed by atoms with Crippen molar-refractivity contribution in [2.24, 2.45) is 0 Å². The Morgan fingerprint density at radius 2 is 2.00 bits per heavy atom. The first-order valence-electron chi connectivity index (χ1n) is 7.04. The Hall–Kier alpha value is -0.730. The van der Waals surface area contributed by atoms with Crippen LogP contribution in [0.2, 0.25) is 5.02 Å². The summed E-state index contributed by atoms with van der Waals surface area (Å²) in [6.45, 7) is 1.05. The minimum Gasteiger partial charge on any atom is -0.506 e. The van der Waals surface area contributed by atoms with E-state index in [-0.39, 0.29) is 0 Å². The minimum absolute atomic E-state index is 0.296. The van der Waals surface area contributed by atoms with E-state index < -0.39 is 0 Å². The number of phenols is 1. The Morgan fingerprint density at radius 1 is 1.17 bits per heavy atom. The molecule has 98 valence electrons. The monoisotopic (exact) mass is 265 g/mol. The topological polar surface area (TPSA) is 32.3 Å². The van der Waals surface area contributed by atoms with Crippen LogP contribution in [-0.2, 0) is 12.8 Å². The van der Waals surface area contributed by atoms with Crippen molar-refractivity contribution in [2.75, 3.05) is 6.54 Å². The second-order valence-corrected chi connectivity index (χ2v) is 5.88. The molecule has 3 heteroatoms. The normalized spacial score (nSPS) is 23.7. The lowest BCUT2D eigenvalue weighted by atomic mass is 9.83. The second-order valence-electron chi connectivity index (χ2n) is 5.47. The number of piperidine rings is 1. The first kappa shape index (κ1) is 12.3. The van der Waals surface area contributed by atoms with Gasteiger partial charge in [-0.25, -0.2) is 0 Å². The lowest BCUT2D eigenvalue weighted by Crippen LogP contribution is -2.28. The number of benzene rings is 1. The maximum absolute atomic E-state index is 10.3. The van der Waals surface area contributed by atoms with Crippen LogP contribution < -0.4 is 5.32 Å². The molecule has 0 radical (unpaired) electrons. The molecule has 2 N–H and O–H groups in total. The first-order chi connectivity index (χ1) is 8.77. The molecule has 0 saturated carbocycles. The number of nitrogens with one attached hydrogen (secondary N) is 1. The van der Waals surface area contributed by atoms with Crippen molar-refractivity contribution >= 4 is 11.6 Å². The molecule has 1 aliphatic heterocycles.